The molecule has 3 aliphatic rings. The van der Waals surface area contributed by atoms with Gasteiger partial charge in [-0.2, -0.15) is 0 Å². The quantitative estimate of drug-likeness (QED) is 0.483. The van der Waals surface area contributed by atoms with Gasteiger partial charge in [-0.25, -0.2) is 0 Å². The van der Waals surface area contributed by atoms with Crippen molar-refractivity contribution in [3.8, 4) is 0 Å². The minimum atomic E-state index is -0.0675. The Kier molecular flexibility index (Phi) is 4.78. The van der Waals surface area contributed by atoms with E-state index in [-0.39, 0.29) is 22.0 Å². The molecule has 0 saturated heterocycles. The molecule has 35 heavy (non-hydrogen) atoms. The van der Waals surface area contributed by atoms with Gasteiger partial charge in [0.1, 0.15) is 0 Å². The molecule has 0 radical (unpaired) electrons. The van der Waals surface area contributed by atoms with E-state index in [1.165, 1.54) is 39.2 Å². The highest BCUT2D eigenvalue weighted by Crippen LogP contribution is 2.45. The summed E-state index contributed by atoms with van der Waals surface area (Å²) in [4.78, 5) is 14.9. The highest BCUT2D eigenvalue weighted by molar-refractivity contribution is 6.02. The Morgan fingerprint density at radius 3 is 2.31 bits per heavy atom. The first kappa shape index (κ1) is 22.4. The number of hydrogen-bond donors (Lipinski definition) is 1. The van der Waals surface area contributed by atoms with Crippen molar-refractivity contribution in [2.75, 3.05) is 30.4 Å². The maximum Gasteiger partial charge on any atom is 0.164 e. The fraction of sp³-hybridized carbons (Fsp3) is 0.406. The average Bonchev–Trinajstić information content (AvgIpc) is 3.35. The van der Waals surface area contributed by atoms with Gasteiger partial charge in [0.2, 0.25) is 0 Å². The summed E-state index contributed by atoms with van der Waals surface area (Å²) < 4.78 is 0. The third-order valence-corrected chi connectivity index (χ3v) is 8.86. The van der Waals surface area contributed by atoms with E-state index in [2.05, 4.69) is 106 Å². The van der Waals surface area contributed by atoms with Gasteiger partial charge in [0.05, 0.1) is 0 Å². The minimum absolute atomic E-state index is 0.0355. The maximum atomic E-state index is 12.5. The smallest absolute Gasteiger partial charge is 0.164 e. The number of nitrogens with one attached hydrogen (secondary N) is 1. The molecule has 1 aliphatic carbocycles. The Hall–Kier alpha value is -3.07. The Bertz CT molecular complexity index is 1360. The van der Waals surface area contributed by atoms with Gasteiger partial charge in [0.15, 0.2) is 5.78 Å². The van der Waals surface area contributed by atoms with E-state index in [0.717, 1.165) is 31.5 Å². The SMILES string of the molecule is CN1CC(C)(Cc2ccc3c(c2)C(C)(C)CC3=O)c2cc(CC3(C)CNc4ccccc43)ccc21. The lowest BCUT2D eigenvalue weighted by Gasteiger charge is -2.28. The fourth-order valence-electron chi connectivity index (χ4n) is 7.06. The van der Waals surface area contributed by atoms with Crippen LogP contribution in [0.5, 0.6) is 0 Å². The Morgan fingerprint density at radius 1 is 0.829 bits per heavy atom. The molecule has 2 unspecified atom stereocenters. The van der Waals surface area contributed by atoms with Gasteiger partial charge in [-0.3, -0.25) is 4.79 Å². The van der Waals surface area contributed by atoms with Crippen LogP contribution >= 0.6 is 0 Å². The van der Waals surface area contributed by atoms with Crippen LogP contribution in [0.4, 0.5) is 11.4 Å². The predicted octanol–water partition coefficient (Wildman–Crippen LogP) is 6.43. The number of benzene rings is 3. The van der Waals surface area contributed by atoms with Crippen LogP contribution in [0.15, 0.2) is 60.7 Å². The first-order valence-electron chi connectivity index (χ1n) is 12.9. The van der Waals surface area contributed by atoms with Crippen molar-refractivity contribution >= 4 is 17.2 Å². The Morgan fingerprint density at radius 2 is 1.51 bits per heavy atom. The van der Waals surface area contributed by atoms with Crippen LogP contribution in [0, 0.1) is 0 Å². The minimum Gasteiger partial charge on any atom is -0.384 e. The number of rotatable bonds is 4. The molecule has 3 aromatic rings. The fourth-order valence-corrected chi connectivity index (χ4v) is 7.06. The number of ketones is 1. The van der Waals surface area contributed by atoms with Gasteiger partial charge in [0, 0.05) is 54.3 Å². The normalized spacial score (nSPS) is 25.9. The lowest BCUT2D eigenvalue weighted by Crippen LogP contribution is -2.31. The zero-order chi connectivity index (χ0) is 24.6. The van der Waals surface area contributed by atoms with Crippen molar-refractivity contribution in [3.63, 3.8) is 0 Å². The van der Waals surface area contributed by atoms with Crippen LogP contribution < -0.4 is 10.2 Å². The Balaban J connectivity index is 1.32. The summed E-state index contributed by atoms with van der Waals surface area (Å²) in [7, 11) is 2.21. The van der Waals surface area contributed by atoms with E-state index in [9.17, 15) is 4.79 Å². The van der Waals surface area contributed by atoms with Crippen molar-refractivity contribution in [1.29, 1.82) is 0 Å². The second-order valence-corrected chi connectivity index (χ2v) is 12.4. The third-order valence-electron chi connectivity index (χ3n) is 8.86. The molecule has 2 atom stereocenters. The molecule has 1 N–H and O–H groups in total. The maximum absolute atomic E-state index is 12.5. The lowest BCUT2D eigenvalue weighted by molar-refractivity contribution is 0.0979. The third kappa shape index (κ3) is 3.51. The second kappa shape index (κ2) is 7.46. The summed E-state index contributed by atoms with van der Waals surface area (Å²) in [6.07, 6.45) is 2.63. The van der Waals surface area contributed by atoms with E-state index in [4.69, 9.17) is 0 Å². The molecule has 6 rings (SSSR count). The molecule has 3 nitrogen and oxygen atoms in total. The molecule has 0 spiro atoms. The number of Topliss-reactive ketones (excluding diaryl/α,β-unsaturated/α-hetero) is 1. The monoisotopic (exact) mass is 464 g/mol. The van der Waals surface area contributed by atoms with Gasteiger partial charge in [-0.05, 0) is 58.2 Å². The van der Waals surface area contributed by atoms with Crippen LogP contribution in [0.3, 0.4) is 0 Å². The molecule has 3 heteroatoms. The standard InChI is InChI=1S/C32H36N2O/c1-30(2)18-29(35)23-12-10-21(14-25(23)30)17-32(4)20-34(5)28-13-11-22(15-26(28)32)16-31(3)19-33-27-9-7-6-8-24(27)31/h6-15,33H,16-20H2,1-5H3. The summed E-state index contributed by atoms with van der Waals surface area (Å²) in [6, 6.07) is 22.5. The number of carbonyl (C=O) groups is 1. The number of carbonyl (C=O) groups excluding carboxylic acids is 1. The van der Waals surface area contributed by atoms with E-state index < -0.39 is 0 Å². The summed E-state index contributed by atoms with van der Waals surface area (Å²) in [6.45, 7) is 11.2. The molecule has 0 amide bonds. The van der Waals surface area contributed by atoms with Crippen LogP contribution in [-0.4, -0.2) is 25.9 Å². The van der Waals surface area contributed by atoms with E-state index >= 15 is 0 Å². The average molecular weight is 465 g/mol. The summed E-state index contributed by atoms with van der Waals surface area (Å²) in [5.41, 5.74) is 10.5. The lowest BCUT2D eigenvalue weighted by atomic mass is 9.75. The largest absolute Gasteiger partial charge is 0.384 e. The molecule has 180 valence electrons. The van der Waals surface area contributed by atoms with Crippen molar-refractivity contribution in [2.45, 2.75) is 63.2 Å². The predicted molar refractivity (Wildman–Crippen MR) is 145 cm³/mol. The van der Waals surface area contributed by atoms with Crippen LogP contribution in [0.25, 0.3) is 0 Å². The molecule has 2 heterocycles. The molecule has 2 aliphatic heterocycles. The molecule has 0 aromatic heterocycles. The van der Waals surface area contributed by atoms with Crippen molar-refractivity contribution < 1.29 is 4.79 Å². The highest BCUT2D eigenvalue weighted by atomic mass is 16.1. The molecular weight excluding hydrogens is 428 g/mol. The molecular formula is C32H36N2O. The summed E-state index contributed by atoms with van der Waals surface area (Å²) in [5.74, 6) is 0.287. The van der Waals surface area contributed by atoms with Crippen molar-refractivity contribution in [3.05, 3.63) is 94.0 Å². The van der Waals surface area contributed by atoms with E-state index in [0.29, 0.717) is 6.42 Å². The van der Waals surface area contributed by atoms with Crippen LogP contribution in [0.1, 0.15) is 72.3 Å². The number of anilines is 2. The van der Waals surface area contributed by atoms with Gasteiger partial charge < -0.3 is 10.2 Å². The topological polar surface area (TPSA) is 32.3 Å². The number of hydrogen-bond acceptors (Lipinski definition) is 3. The van der Waals surface area contributed by atoms with Gasteiger partial charge in [-0.1, -0.05) is 76.2 Å². The Labute approximate surface area is 209 Å². The number of para-hydroxylation sites is 1. The molecule has 3 aromatic carbocycles. The van der Waals surface area contributed by atoms with Gasteiger partial charge in [-0.15, -0.1) is 0 Å². The van der Waals surface area contributed by atoms with Crippen molar-refractivity contribution in [2.24, 2.45) is 0 Å². The van der Waals surface area contributed by atoms with Gasteiger partial charge >= 0.3 is 0 Å². The van der Waals surface area contributed by atoms with Gasteiger partial charge in [0.25, 0.3) is 0 Å². The highest BCUT2D eigenvalue weighted by Gasteiger charge is 2.40. The zero-order valence-electron chi connectivity index (χ0n) is 21.7. The second-order valence-electron chi connectivity index (χ2n) is 12.4. The number of fused-ring (bicyclic) bond motifs is 3. The van der Waals surface area contributed by atoms with E-state index in [1.54, 1.807) is 0 Å². The van der Waals surface area contributed by atoms with Crippen LogP contribution in [-0.2, 0) is 29.1 Å². The van der Waals surface area contributed by atoms with E-state index in [1.807, 2.05) is 0 Å². The number of likely N-dealkylation sites (N-methyl/N-ethyl adjacent to an activating group) is 1. The van der Waals surface area contributed by atoms with Crippen molar-refractivity contribution in [1.82, 2.24) is 0 Å². The summed E-state index contributed by atoms with van der Waals surface area (Å²) >= 11 is 0. The molecule has 0 bridgehead atoms. The molecule has 0 fully saturated rings. The zero-order valence-corrected chi connectivity index (χ0v) is 21.7. The first-order chi connectivity index (χ1) is 16.6. The number of nitrogens with zero attached hydrogens (tertiary/aromatic N) is 1. The van der Waals surface area contributed by atoms with Crippen LogP contribution in [0.2, 0.25) is 0 Å². The summed E-state index contributed by atoms with van der Waals surface area (Å²) in [5, 5.41) is 3.62. The first-order valence-corrected chi connectivity index (χ1v) is 12.9. The molecule has 0 saturated carbocycles.